The molecule has 13 nitrogen and oxygen atoms in total. The standard InChI is InChI=1S/C23H27N5O8/c29-18(8-23(9-19(30)31)5-1-2-6-23)24-14-10-32-21-15(11-33-20(14)21)28-22(25-26-27-28)36-13-3-4-16-17(7-13)35-12-34-16/h3-4,7,14-15,20-21H,1-2,5-6,8-12H2,(H,24,29)(H,30,31)/t14-,15-,20+,21+/m0/s1. The highest BCUT2D eigenvalue weighted by molar-refractivity contribution is 5.78. The van der Waals surface area contributed by atoms with E-state index in [1.54, 1.807) is 18.2 Å². The lowest BCUT2D eigenvalue weighted by molar-refractivity contribution is -0.140. The van der Waals surface area contributed by atoms with Crippen LogP contribution in [-0.4, -0.2) is 75.4 Å². The van der Waals surface area contributed by atoms with E-state index in [4.69, 9.17) is 23.7 Å². The quantitative estimate of drug-likeness (QED) is 0.539. The van der Waals surface area contributed by atoms with Gasteiger partial charge in [0, 0.05) is 12.5 Å². The molecule has 2 saturated heterocycles. The number of carboxylic acids is 1. The van der Waals surface area contributed by atoms with Crippen LogP contribution in [0.5, 0.6) is 23.3 Å². The van der Waals surface area contributed by atoms with Crippen molar-refractivity contribution in [2.75, 3.05) is 20.0 Å². The zero-order valence-electron chi connectivity index (χ0n) is 19.5. The number of rotatable bonds is 8. The van der Waals surface area contributed by atoms with Crippen molar-refractivity contribution in [3.63, 3.8) is 0 Å². The number of carbonyl (C=O) groups is 2. The SMILES string of the molecule is O=C(O)CC1(CC(=O)N[C@H]2CO[C@H]3[C@@H]2OC[C@@H]3n2nnnc2Oc2ccc3c(c2)OCO3)CCCC1. The summed E-state index contributed by atoms with van der Waals surface area (Å²) in [7, 11) is 0. The number of benzene rings is 1. The Balaban J connectivity index is 1.10. The van der Waals surface area contributed by atoms with Gasteiger partial charge in [-0.15, -0.1) is 0 Å². The molecule has 1 aliphatic carbocycles. The highest BCUT2D eigenvalue weighted by Gasteiger charge is 2.50. The van der Waals surface area contributed by atoms with Crippen molar-refractivity contribution < 1.29 is 38.4 Å². The third-order valence-corrected chi connectivity index (χ3v) is 7.43. The maximum atomic E-state index is 12.9. The number of nitrogens with zero attached hydrogens (tertiary/aromatic N) is 4. The lowest BCUT2D eigenvalue weighted by atomic mass is 9.79. The van der Waals surface area contributed by atoms with Gasteiger partial charge in [-0.1, -0.05) is 17.9 Å². The Labute approximate surface area is 206 Å². The van der Waals surface area contributed by atoms with Crippen molar-refractivity contribution in [2.24, 2.45) is 5.41 Å². The van der Waals surface area contributed by atoms with Crippen molar-refractivity contribution in [2.45, 2.75) is 62.8 Å². The van der Waals surface area contributed by atoms with Crippen molar-refractivity contribution >= 4 is 11.9 Å². The average Bonchev–Trinajstić information content (AvgIpc) is 3.64. The second kappa shape index (κ2) is 9.21. The zero-order valence-corrected chi connectivity index (χ0v) is 19.5. The molecule has 1 aromatic heterocycles. The molecule has 13 heteroatoms. The molecule has 2 aromatic rings. The van der Waals surface area contributed by atoms with Gasteiger partial charge in [0.1, 0.15) is 24.0 Å². The Bertz CT molecular complexity index is 1150. The van der Waals surface area contributed by atoms with E-state index in [9.17, 15) is 14.7 Å². The summed E-state index contributed by atoms with van der Waals surface area (Å²) in [6, 6.07) is 4.68. The van der Waals surface area contributed by atoms with Crippen LogP contribution in [0.1, 0.15) is 44.6 Å². The first-order chi connectivity index (χ1) is 17.5. The Morgan fingerprint density at radius 2 is 1.92 bits per heavy atom. The maximum absolute atomic E-state index is 12.9. The summed E-state index contributed by atoms with van der Waals surface area (Å²) in [6.45, 7) is 0.728. The van der Waals surface area contributed by atoms with Gasteiger partial charge in [0.2, 0.25) is 12.7 Å². The molecule has 2 N–H and O–H groups in total. The number of aromatic nitrogens is 4. The van der Waals surface area contributed by atoms with E-state index in [2.05, 4.69) is 20.8 Å². The molecule has 0 unspecified atom stereocenters. The third-order valence-electron chi connectivity index (χ3n) is 7.43. The zero-order chi connectivity index (χ0) is 24.7. The first-order valence-electron chi connectivity index (χ1n) is 12.1. The van der Waals surface area contributed by atoms with Gasteiger partial charge < -0.3 is 34.1 Å². The number of carbonyl (C=O) groups excluding carboxylic acids is 1. The molecule has 4 atom stereocenters. The van der Waals surface area contributed by atoms with E-state index in [1.807, 2.05) is 0 Å². The smallest absolute Gasteiger partial charge is 0.341 e. The Morgan fingerprint density at radius 1 is 1.11 bits per heavy atom. The van der Waals surface area contributed by atoms with E-state index in [0.29, 0.717) is 17.2 Å². The number of hydrogen-bond donors (Lipinski definition) is 2. The molecule has 4 aliphatic rings. The largest absolute Gasteiger partial charge is 0.481 e. The van der Waals surface area contributed by atoms with Gasteiger partial charge >= 0.3 is 12.0 Å². The monoisotopic (exact) mass is 501 g/mol. The van der Waals surface area contributed by atoms with Crippen LogP contribution in [0, 0.1) is 5.41 Å². The van der Waals surface area contributed by atoms with Gasteiger partial charge in [0.05, 0.1) is 25.7 Å². The van der Waals surface area contributed by atoms with Crippen LogP contribution in [0.15, 0.2) is 18.2 Å². The number of ether oxygens (including phenoxy) is 5. The summed E-state index contributed by atoms with van der Waals surface area (Å²) < 4.78 is 30.2. The average molecular weight is 501 g/mol. The minimum Gasteiger partial charge on any atom is -0.481 e. The first kappa shape index (κ1) is 23.0. The second-order valence-electron chi connectivity index (χ2n) is 9.81. The molecule has 1 saturated carbocycles. The van der Waals surface area contributed by atoms with Crippen LogP contribution in [0.3, 0.4) is 0 Å². The number of fused-ring (bicyclic) bond motifs is 2. The summed E-state index contributed by atoms with van der Waals surface area (Å²) in [4.78, 5) is 24.3. The van der Waals surface area contributed by atoms with Crippen molar-refractivity contribution in [1.82, 2.24) is 25.5 Å². The second-order valence-corrected chi connectivity index (χ2v) is 9.81. The molecule has 3 fully saturated rings. The number of nitrogens with one attached hydrogen (secondary N) is 1. The van der Waals surface area contributed by atoms with E-state index in [0.717, 1.165) is 25.7 Å². The molecule has 6 rings (SSSR count). The minimum absolute atomic E-state index is 0.0116. The molecular formula is C23H27N5O8. The molecule has 1 amide bonds. The fourth-order valence-corrected chi connectivity index (χ4v) is 5.78. The Morgan fingerprint density at radius 3 is 2.75 bits per heavy atom. The number of carboxylic acid groups (broad SMARTS) is 1. The lowest BCUT2D eigenvalue weighted by Crippen LogP contribution is -2.45. The van der Waals surface area contributed by atoms with E-state index < -0.39 is 11.4 Å². The highest BCUT2D eigenvalue weighted by atomic mass is 16.7. The van der Waals surface area contributed by atoms with Crippen molar-refractivity contribution in [1.29, 1.82) is 0 Å². The fraction of sp³-hybridized carbons (Fsp3) is 0.609. The molecule has 36 heavy (non-hydrogen) atoms. The predicted molar refractivity (Wildman–Crippen MR) is 119 cm³/mol. The number of hydrogen-bond acceptors (Lipinski definition) is 10. The van der Waals surface area contributed by atoms with Gasteiger partial charge in [-0.05, 0) is 40.8 Å². The first-order valence-corrected chi connectivity index (χ1v) is 12.1. The fourth-order valence-electron chi connectivity index (χ4n) is 5.78. The van der Waals surface area contributed by atoms with Gasteiger partial charge in [0.25, 0.3) is 0 Å². The molecule has 192 valence electrons. The molecule has 0 bridgehead atoms. The normalized spacial score (nSPS) is 27.7. The van der Waals surface area contributed by atoms with Gasteiger partial charge in [-0.25, -0.2) is 0 Å². The van der Waals surface area contributed by atoms with Crippen LogP contribution in [0.4, 0.5) is 0 Å². The summed E-state index contributed by atoms with van der Waals surface area (Å²) in [5, 5.41) is 24.2. The number of aliphatic carboxylic acids is 1. The van der Waals surface area contributed by atoms with Crippen LogP contribution in [-0.2, 0) is 19.1 Å². The summed E-state index contributed by atoms with van der Waals surface area (Å²) in [5.41, 5.74) is -0.471. The molecular weight excluding hydrogens is 474 g/mol. The third kappa shape index (κ3) is 4.32. The van der Waals surface area contributed by atoms with Gasteiger partial charge in [-0.2, -0.15) is 4.68 Å². The summed E-state index contributed by atoms with van der Waals surface area (Å²) >= 11 is 0. The van der Waals surface area contributed by atoms with Gasteiger partial charge in [-0.3, -0.25) is 9.59 Å². The highest BCUT2D eigenvalue weighted by Crippen LogP contribution is 2.44. The lowest BCUT2D eigenvalue weighted by Gasteiger charge is -2.27. The van der Waals surface area contributed by atoms with Crippen molar-refractivity contribution in [3.8, 4) is 23.3 Å². The Hall–Kier alpha value is -3.45. The van der Waals surface area contributed by atoms with E-state index >= 15 is 0 Å². The number of tetrazole rings is 1. The summed E-state index contributed by atoms with van der Waals surface area (Å²) in [6.07, 6.45) is 2.86. The van der Waals surface area contributed by atoms with Crippen molar-refractivity contribution in [3.05, 3.63) is 18.2 Å². The molecule has 0 spiro atoms. The molecule has 0 radical (unpaired) electrons. The minimum atomic E-state index is -0.865. The van der Waals surface area contributed by atoms with E-state index in [1.165, 1.54) is 4.68 Å². The van der Waals surface area contributed by atoms with Crippen LogP contribution < -0.4 is 19.5 Å². The van der Waals surface area contributed by atoms with Crippen LogP contribution >= 0.6 is 0 Å². The maximum Gasteiger partial charge on any atom is 0.341 e. The van der Waals surface area contributed by atoms with Crippen LogP contribution in [0.2, 0.25) is 0 Å². The summed E-state index contributed by atoms with van der Waals surface area (Å²) in [5.74, 6) is 0.676. The van der Waals surface area contributed by atoms with E-state index in [-0.39, 0.29) is 69.1 Å². The Kier molecular flexibility index (Phi) is 5.88. The number of amides is 1. The molecule has 4 heterocycles. The predicted octanol–water partition coefficient (Wildman–Crippen LogP) is 1.44. The molecule has 1 aromatic carbocycles. The van der Waals surface area contributed by atoms with Crippen LogP contribution in [0.25, 0.3) is 0 Å². The topological polar surface area (TPSA) is 156 Å². The van der Waals surface area contributed by atoms with Gasteiger partial charge in [0.15, 0.2) is 11.5 Å². The molecule has 3 aliphatic heterocycles.